The summed E-state index contributed by atoms with van der Waals surface area (Å²) in [5, 5.41) is 37.3. The maximum atomic E-state index is 13.3. The van der Waals surface area contributed by atoms with Crippen molar-refractivity contribution in [3.8, 4) is 47.3 Å². The van der Waals surface area contributed by atoms with Crippen LogP contribution in [0.15, 0.2) is 60.7 Å². The molecule has 0 saturated carbocycles. The Labute approximate surface area is 195 Å². The third-order valence-corrected chi connectivity index (χ3v) is 4.50. The summed E-state index contributed by atoms with van der Waals surface area (Å²) in [6.45, 7) is 0. The first kappa shape index (κ1) is 24.3. The van der Waals surface area contributed by atoms with Crippen LogP contribution in [-0.2, 0) is 6.18 Å². The Hall–Kier alpha value is -5.32. The average Bonchev–Trinajstić information content (AvgIpc) is 2.83. The number of nitriles is 4. The second-order valence-electron chi connectivity index (χ2n) is 6.73. The molecule has 0 radical (unpaired) electrons. The van der Waals surface area contributed by atoms with Crippen molar-refractivity contribution < 1.29 is 27.0 Å². The summed E-state index contributed by atoms with van der Waals surface area (Å²) >= 11 is 0. The monoisotopic (exact) mass is 474 g/mol. The Morgan fingerprint density at radius 3 is 1.60 bits per heavy atom. The Balaban J connectivity index is 2.31. The molecule has 170 valence electrons. The van der Waals surface area contributed by atoms with Gasteiger partial charge in [-0.3, -0.25) is 0 Å². The smallest absolute Gasteiger partial charge is 0.416 e. The molecule has 0 aliphatic carbocycles. The lowest BCUT2D eigenvalue weighted by Crippen LogP contribution is -2.18. The number of halogens is 4. The normalized spacial score (nSPS) is 10.2. The van der Waals surface area contributed by atoms with E-state index >= 15 is 0 Å². The Bertz CT molecular complexity index is 1550. The maximum Gasteiger partial charge on any atom is 0.416 e. The molecule has 0 saturated heterocycles. The summed E-state index contributed by atoms with van der Waals surface area (Å²) in [5.41, 5.74) is -1.92. The van der Waals surface area contributed by atoms with Crippen LogP contribution in [0.3, 0.4) is 0 Å². The van der Waals surface area contributed by atoms with Crippen LogP contribution in [-0.4, -0.2) is 0 Å². The highest BCUT2D eigenvalue weighted by molar-refractivity contribution is 5.77. The third kappa shape index (κ3) is 5.54. The summed E-state index contributed by atoms with van der Waals surface area (Å²) in [5.74, 6) is -1.13. The molecule has 0 spiro atoms. The van der Waals surface area contributed by atoms with Crippen molar-refractivity contribution in [1.82, 2.24) is 0 Å². The van der Waals surface area contributed by atoms with Crippen LogP contribution in [0.4, 0.5) is 17.6 Å². The van der Waals surface area contributed by atoms with Crippen LogP contribution in [0.2, 0.25) is 0 Å². The van der Waals surface area contributed by atoms with Gasteiger partial charge in [0.05, 0.1) is 5.56 Å². The van der Waals surface area contributed by atoms with Gasteiger partial charge in [0, 0.05) is 10.4 Å². The third-order valence-electron chi connectivity index (χ3n) is 4.50. The van der Waals surface area contributed by atoms with E-state index in [9.17, 15) is 38.6 Å². The summed E-state index contributed by atoms with van der Waals surface area (Å²) in [4.78, 5) is 0. The molecule has 3 rings (SSSR count). The molecule has 3 aromatic carbocycles. The highest BCUT2D eigenvalue weighted by Crippen LogP contribution is 2.32. The van der Waals surface area contributed by atoms with Crippen LogP contribution < -0.4 is 19.9 Å². The summed E-state index contributed by atoms with van der Waals surface area (Å²) in [6.07, 6.45) is -4.65. The largest absolute Gasteiger partial charge is 0.457 e. The Morgan fingerprint density at radius 1 is 0.657 bits per heavy atom. The van der Waals surface area contributed by atoms with Gasteiger partial charge in [-0.1, -0.05) is 6.07 Å². The lowest BCUT2D eigenvalue weighted by Gasteiger charge is -2.13. The first-order valence-electron chi connectivity index (χ1n) is 9.51. The predicted molar refractivity (Wildman–Crippen MR) is 113 cm³/mol. The molecule has 0 bridgehead atoms. The molecular weight excluding hydrogens is 464 g/mol. The molecule has 0 atom stereocenters. The van der Waals surface area contributed by atoms with Gasteiger partial charge in [0.25, 0.3) is 0 Å². The van der Waals surface area contributed by atoms with E-state index < -0.39 is 28.7 Å². The lowest BCUT2D eigenvalue weighted by atomic mass is 10.1. The first-order chi connectivity index (χ1) is 16.7. The minimum absolute atomic E-state index is 0.107. The van der Waals surface area contributed by atoms with Crippen molar-refractivity contribution >= 4 is 11.1 Å². The van der Waals surface area contributed by atoms with Crippen molar-refractivity contribution in [3.05, 3.63) is 82.5 Å². The van der Waals surface area contributed by atoms with Crippen LogP contribution >= 0.6 is 0 Å². The summed E-state index contributed by atoms with van der Waals surface area (Å²) in [7, 11) is 0. The summed E-state index contributed by atoms with van der Waals surface area (Å²) < 4.78 is 63.8. The van der Waals surface area contributed by atoms with Crippen molar-refractivity contribution in [1.29, 1.82) is 21.0 Å². The van der Waals surface area contributed by atoms with E-state index in [0.29, 0.717) is 6.07 Å². The van der Waals surface area contributed by atoms with Crippen molar-refractivity contribution in [3.63, 3.8) is 0 Å². The molecule has 0 unspecified atom stereocenters. The van der Waals surface area contributed by atoms with Gasteiger partial charge in [-0.15, -0.1) is 0 Å². The van der Waals surface area contributed by atoms with Gasteiger partial charge >= 0.3 is 6.18 Å². The average molecular weight is 474 g/mol. The van der Waals surface area contributed by atoms with E-state index in [2.05, 4.69) is 0 Å². The maximum absolute atomic E-state index is 13.3. The molecule has 3 aromatic rings. The van der Waals surface area contributed by atoms with Crippen molar-refractivity contribution in [2.75, 3.05) is 0 Å². The fourth-order valence-electron chi connectivity index (χ4n) is 2.90. The van der Waals surface area contributed by atoms with E-state index in [1.807, 2.05) is 0 Å². The predicted octanol–water partition coefficient (Wildman–Crippen LogP) is 4.82. The number of ether oxygens (including phenoxy) is 2. The molecule has 0 aliphatic heterocycles. The summed E-state index contributed by atoms with van der Waals surface area (Å²) in [6, 6.07) is 17.5. The van der Waals surface area contributed by atoms with Gasteiger partial charge in [0.1, 0.15) is 64.2 Å². The van der Waals surface area contributed by atoms with E-state index in [1.54, 1.807) is 24.3 Å². The highest BCUT2D eigenvalue weighted by atomic mass is 19.4. The minimum atomic E-state index is -4.65. The van der Waals surface area contributed by atoms with E-state index in [1.165, 1.54) is 18.2 Å². The van der Waals surface area contributed by atoms with Crippen molar-refractivity contribution in [2.24, 2.45) is 0 Å². The molecule has 0 amide bonds. The number of alkyl halides is 3. The number of hydrogen-bond donors (Lipinski definition) is 0. The molecule has 0 fully saturated rings. The molecule has 0 aromatic heterocycles. The molecule has 0 heterocycles. The lowest BCUT2D eigenvalue weighted by molar-refractivity contribution is -0.137. The Kier molecular flexibility index (Phi) is 7.01. The minimum Gasteiger partial charge on any atom is -0.457 e. The first-order valence-corrected chi connectivity index (χ1v) is 9.51. The fraction of sp³-hybridized carbons (Fsp3) is 0.0400. The van der Waals surface area contributed by atoms with Gasteiger partial charge in [0.15, 0.2) is 0 Å². The quantitative estimate of drug-likeness (QED) is 0.501. The van der Waals surface area contributed by atoms with Crippen LogP contribution in [0.1, 0.15) is 5.56 Å². The number of benzene rings is 3. The number of hydrogen-bond acceptors (Lipinski definition) is 6. The number of rotatable bonds is 4. The molecular formula is C25H10F4N4O2. The zero-order valence-electron chi connectivity index (χ0n) is 17.4. The molecule has 35 heavy (non-hydrogen) atoms. The van der Waals surface area contributed by atoms with E-state index in [-0.39, 0.29) is 33.4 Å². The SMILES string of the molecule is N#CC(C#N)=c1cc(Oc2cccc(C(F)(F)F)c2)c(=C(C#N)C#N)cc1Oc1ccc(F)cc1. The Morgan fingerprint density at radius 2 is 1.14 bits per heavy atom. The topological polar surface area (TPSA) is 114 Å². The van der Waals surface area contributed by atoms with E-state index in [0.717, 1.165) is 36.4 Å². The van der Waals surface area contributed by atoms with Gasteiger partial charge in [-0.05, 0) is 54.6 Å². The van der Waals surface area contributed by atoms with Crippen LogP contribution in [0, 0.1) is 51.1 Å². The molecule has 0 aliphatic rings. The zero-order chi connectivity index (χ0) is 25.6. The standard InChI is InChI=1S/C25H10F4N4O2/c26-18-4-6-19(7-5-18)34-23-9-22(16(13-32)14-33)24(10-21(23)15(11-30)12-31)35-20-3-1-2-17(8-20)25(27,28)29/h1-10H. The second kappa shape index (κ2) is 10.1. The van der Waals surface area contributed by atoms with Gasteiger partial charge < -0.3 is 9.47 Å². The van der Waals surface area contributed by atoms with Crippen LogP contribution in [0.25, 0.3) is 11.1 Å². The fourth-order valence-corrected chi connectivity index (χ4v) is 2.90. The molecule has 0 N–H and O–H groups in total. The van der Waals surface area contributed by atoms with Crippen molar-refractivity contribution in [2.45, 2.75) is 6.18 Å². The molecule has 6 nitrogen and oxygen atoms in total. The van der Waals surface area contributed by atoms with Gasteiger partial charge in [-0.2, -0.15) is 34.2 Å². The zero-order valence-corrected chi connectivity index (χ0v) is 17.4. The van der Waals surface area contributed by atoms with Gasteiger partial charge in [-0.25, -0.2) is 4.39 Å². The molecule has 10 heteroatoms. The highest BCUT2D eigenvalue weighted by Gasteiger charge is 2.30. The number of nitrogens with zero attached hydrogens (tertiary/aromatic N) is 4. The second-order valence-corrected chi connectivity index (χ2v) is 6.73. The van der Waals surface area contributed by atoms with Crippen LogP contribution in [0.5, 0.6) is 23.0 Å². The van der Waals surface area contributed by atoms with Gasteiger partial charge in [0.2, 0.25) is 0 Å². The van der Waals surface area contributed by atoms with E-state index in [4.69, 9.17) is 9.47 Å².